The van der Waals surface area contributed by atoms with E-state index in [0.717, 1.165) is 38.3 Å². The molecule has 4 heteroatoms. The molecule has 4 unspecified atom stereocenters. The van der Waals surface area contributed by atoms with Crippen molar-refractivity contribution < 1.29 is 9.47 Å². The van der Waals surface area contributed by atoms with E-state index in [2.05, 4.69) is 4.90 Å². The molecule has 2 bridgehead atoms. The van der Waals surface area contributed by atoms with E-state index in [9.17, 15) is 0 Å². The molecule has 0 saturated carbocycles. The highest BCUT2D eigenvalue weighted by Crippen LogP contribution is 2.42. The molecular formula is C15H26N2O2. The van der Waals surface area contributed by atoms with Crippen LogP contribution in [0, 0.1) is 0 Å². The summed E-state index contributed by atoms with van der Waals surface area (Å²) in [5.74, 6) is 0. The third-order valence-corrected chi connectivity index (χ3v) is 5.78. The van der Waals surface area contributed by atoms with Crippen molar-refractivity contribution in [3.05, 3.63) is 0 Å². The molecule has 0 aliphatic carbocycles. The van der Waals surface area contributed by atoms with Gasteiger partial charge in [-0.25, -0.2) is 0 Å². The number of nitrogens with two attached hydrogens (primary N) is 1. The molecule has 0 aromatic rings. The van der Waals surface area contributed by atoms with E-state index >= 15 is 0 Å². The first-order valence-corrected chi connectivity index (χ1v) is 8.00. The van der Waals surface area contributed by atoms with Gasteiger partial charge in [-0.05, 0) is 38.5 Å². The van der Waals surface area contributed by atoms with Gasteiger partial charge < -0.3 is 15.2 Å². The average Bonchev–Trinajstić information content (AvgIpc) is 2.94. The Bertz CT molecular complexity index is 329. The van der Waals surface area contributed by atoms with E-state index in [-0.39, 0.29) is 5.60 Å². The van der Waals surface area contributed by atoms with Crippen molar-refractivity contribution in [2.75, 3.05) is 19.8 Å². The third-order valence-electron chi connectivity index (χ3n) is 5.78. The fourth-order valence-corrected chi connectivity index (χ4v) is 4.97. The second-order valence-corrected chi connectivity index (χ2v) is 7.04. The molecule has 1 spiro atoms. The lowest BCUT2D eigenvalue weighted by atomic mass is 9.86. The van der Waals surface area contributed by atoms with Crippen molar-refractivity contribution in [3.63, 3.8) is 0 Å². The van der Waals surface area contributed by atoms with Crippen LogP contribution < -0.4 is 5.73 Å². The van der Waals surface area contributed by atoms with Crippen LogP contribution in [-0.2, 0) is 9.47 Å². The summed E-state index contributed by atoms with van der Waals surface area (Å²) in [5, 5.41) is 0. The van der Waals surface area contributed by atoms with Crippen LogP contribution in [0.2, 0.25) is 0 Å². The van der Waals surface area contributed by atoms with Gasteiger partial charge in [-0.2, -0.15) is 0 Å². The topological polar surface area (TPSA) is 47.7 Å². The van der Waals surface area contributed by atoms with Crippen LogP contribution in [-0.4, -0.2) is 54.5 Å². The minimum atomic E-state index is 0.0436. The summed E-state index contributed by atoms with van der Waals surface area (Å²) < 4.78 is 11.7. The smallest absolute Gasteiger partial charge is 0.0951 e. The van der Waals surface area contributed by atoms with Crippen molar-refractivity contribution in [2.45, 2.75) is 74.7 Å². The van der Waals surface area contributed by atoms with E-state index in [1.165, 1.54) is 38.5 Å². The lowest BCUT2D eigenvalue weighted by Gasteiger charge is -2.47. The molecule has 4 aliphatic heterocycles. The maximum Gasteiger partial charge on any atom is 0.0951 e. The molecule has 0 aromatic carbocycles. The van der Waals surface area contributed by atoms with Crippen molar-refractivity contribution >= 4 is 0 Å². The predicted molar refractivity (Wildman–Crippen MR) is 73.0 cm³/mol. The van der Waals surface area contributed by atoms with Crippen LogP contribution in [0.4, 0.5) is 0 Å². The highest BCUT2D eigenvalue weighted by Gasteiger charge is 2.48. The Morgan fingerprint density at radius 1 is 1.00 bits per heavy atom. The fourth-order valence-electron chi connectivity index (χ4n) is 4.97. The highest BCUT2D eigenvalue weighted by atomic mass is 16.6. The van der Waals surface area contributed by atoms with E-state index in [4.69, 9.17) is 15.2 Å². The van der Waals surface area contributed by atoms with Gasteiger partial charge in [0.2, 0.25) is 0 Å². The molecule has 108 valence electrons. The van der Waals surface area contributed by atoms with Crippen LogP contribution in [0.15, 0.2) is 0 Å². The summed E-state index contributed by atoms with van der Waals surface area (Å²) in [5.41, 5.74) is 6.24. The number of fused-ring (bicyclic) bond motifs is 2. The monoisotopic (exact) mass is 266 g/mol. The van der Waals surface area contributed by atoms with Crippen LogP contribution >= 0.6 is 0 Å². The SMILES string of the molecule is NC1CC2CCC(C1)N2C1CCOC2(CCOC2)C1. The first kappa shape index (κ1) is 12.6. The molecule has 4 fully saturated rings. The Balaban J connectivity index is 1.50. The molecule has 19 heavy (non-hydrogen) atoms. The van der Waals surface area contributed by atoms with Crippen LogP contribution in [0.5, 0.6) is 0 Å². The van der Waals surface area contributed by atoms with E-state index in [0.29, 0.717) is 12.1 Å². The van der Waals surface area contributed by atoms with Gasteiger partial charge in [-0.1, -0.05) is 0 Å². The third kappa shape index (κ3) is 2.13. The van der Waals surface area contributed by atoms with Gasteiger partial charge in [0.05, 0.1) is 12.2 Å². The number of nitrogens with zero attached hydrogens (tertiary/aromatic N) is 1. The Morgan fingerprint density at radius 2 is 1.79 bits per heavy atom. The maximum absolute atomic E-state index is 6.19. The second-order valence-electron chi connectivity index (χ2n) is 7.04. The van der Waals surface area contributed by atoms with Crippen molar-refractivity contribution in [1.82, 2.24) is 4.90 Å². The summed E-state index contributed by atoms with van der Waals surface area (Å²) in [7, 11) is 0. The Kier molecular flexibility index (Phi) is 3.10. The van der Waals surface area contributed by atoms with Gasteiger partial charge in [0.1, 0.15) is 0 Å². The molecule has 4 nitrogen and oxygen atoms in total. The quantitative estimate of drug-likeness (QED) is 0.776. The number of hydrogen-bond donors (Lipinski definition) is 1. The van der Waals surface area contributed by atoms with Gasteiger partial charge in [0.25, 0.3) is 0 Å². The first-order chi connectivity index (χ1) is 9.26. The molecule has 0 aromatic heterocycles. The van der Waals surface area contributed by atoms with Crippen LogP contribution in [0.1, 0.15) is 44.9 Å². The summed E-state index contributed by atoms with van der Waals surface area (Å²) in [6.07, 6.45) is 8.60. The van der Waals surface area contributed by atoms with Gasteiger partial charge in [-0.3, -0.25) is 4.90 Å². The fraction of sp³-hybridized carbons (Fsp3) is 1.00. The summed E-state index contributed by atoms with van der Waals surface area (Å²) in [6, 6.07) is 2.64. The lowest BCUT2D eigenvalue weighted by Crippen LogP contribution is -2.56. The van der Waals surface area contributed by atoms with Crippen molar-refractivity contribution in [1.29, 1.82) is 0 Å². The van der Waals surface area contributed by atoms with Crippen molar-refractivity contribution in [2.24, 2.45) is 5.73 Å². The van der Waals surface area contributed by atoms with Crippen molar-refractivity contribution in [3.8, 4) is 0 Å². The zero-order valence-corrected chi connectivity index (χ0v) is 11.7. The molecule has 2 N–H and O–H groups in total. The Labute approximate surface area is 115 Å². The van der Waals surface area contributed by atoms with E-state index in [1.807, 2.05) is 0 Å². The van der Waals surface area contributed by atoms with Gasteiger partial charge in [0, 0.05) is 43.8 Å². The molecule has 0 amide bonds. The second kappa shape index (κ2) is 4.69. The number of piperidine rings is 1. The minimum absolute atomic E-state index is 0.0436. The molecular weight excluding hydrogens is 240 g/mol. The molecule has 4 atom stereocenters. The normalized spacial score (nSPS) is 51.0. The molecule has 4 heterocycles. The molecule has 4 aliphatic rings. The maximum atomic E-state index is 6.19. The number of hydrogen-bond acceptors (Lipinski definition) is 4. The largest absolute Gasteiger partial charge is 0.378 e. The average molecular weight is 266 g/mol. The van der Waals surface area contributed by atoms with Gasteiger partial charge >= 0.3 is 0 Å². The summed E-state index contributed by atoms with van der Waals surface area (Å²) >= 11 is 0. The van der Waals surface area contributed by atoms with E-state index < -0.39 is 0 Å². The van der Waals surface area contributed by atoms with E-state index in [1.54, 1.807) is 0 Å². The van der Waals surface area contributed by atoms with Crippen LogP contribution in [0.25, 0.3) is 0 Å². The molecule has 4 rings (SSSR count). The number of rotatable bonds is 1. The molecule has 4 saturated heterocycles. The molecule has 0 radical (unpaired) electrons. The Hall–Kier alpha value is -0.160. The zero-order valence-electron chi connectivity index (χ0n) is 11.7. The minimum Gasteiger partial charge on any atom is -0.378 e. The summed E-state index contributed by atoms with van der Waals surface area (Å²) in [6.45, 7) is 2.60. The summed E-state index contributed by atoms with van der Waals surface area (Å²) in [4.78, 5) is 2.83. The van der Waals surface area contributed by atoms with Gasteiger partial charge in [0.15, 0.2) is 0 Å². The number of ether oxygens (including phenoxy) is 2. The first-order valence-electron chi connectivity index (χ1n) is 8.00. The highest BCUT2D eigenvalue weighted by molar-refractivity contribution is 5.02. The zero-order chi connectivity index (χ0) is 12.9. The lowest BCUT2D eigenvalue weighted by molar-refractivity contribution is -0.116. The standard InChI is InChI=1S/C15H26N2O2/c16-11-7-12-1-2-13(8-11)17(12)14-3-5-19-15(9-14)4-6-18-10-15/h11-14H,1-10,16H2. The van der Waals surface area contributed by atoms with Gasteiger partial charge in [-0.15, -0.1) is 0 Å². The predicted octanol–water partition coefficient (Wildman–Crippen LogP) is 1.28. The van der Waals surface area contributed by atoms with Crippen LogP contribution in [0.3, 0.4) is 0 Å². The Morgan fingerprint density at radius 3 is 2.47 bits per heavy atom.